The van der Waals surface area contributed by atoms with Crippen molar-refractivity contribution in [1.82, 2.24) is 0 Å². The summed E-state index contributed by atoms with van der Waals surface area (Å²) in [5, 5.41) is 29.6. The highest BCUT2D eigenvalue weighted by Crippen LogP contribution is 2.36. The van der Waals surface area contributed by atoms with E-state index in [1.165, 1.54) is 16.7 Å². The number of aryl methyl sites for hydroxylation is 2. The normalized spacial score (nSPS) is 11.1. The topological polar surface area (TPSA) is 60.7 Å². The molecule has 0 unspecified atom stereocenters. The van der Waals surface area contributed by atoms with Gasteiger partial charge in [-0.2, -0.15) is 0 Å². The van der Waals surface area contributed by atoms with Gasteiger partial charge in [-0.15, -0.1) is 0 Å². The molecule has 3 N–H and O–H groups in total. The Morgan fingerprint density at radius 3 is 1.74 bits per heavy atom. The zero-order chi connectivity index (χ0) is 22.0. The van der Waals surface area contributed by atoms with Crippen LogP contribution in [-0.2, 0) is 6.42 Å². The predicted octanol–water partition coefficient (Wildman–Crippen LogP) is 6.19. The molecule has 0 saturated heterocycles. The van der Waals surface area contributed by atoms with Crippen molar-refractivity contribution in [2.75, 3.05) is 0 Å². The molecule has 0 aromatic heterocycles. The minimum atomic E-state index is -0.0454. The van der Waals surface area contributed by atoms with Gasteiger partial charge in [0.2, 0.25) is 0 Å². The van der Waals surface area contributed by atoms with Crippen LogP contribution in [0.15, 0.2) is 84.9 Å². The average molecular weight is 411 g/mol. The molecular formula is C28H26O3. The van der Waals surface area contributed by atoms with E-state index >= 15 is 0 Å². The summed E-state index contributed by atoms with van der Waals surface area (Å²) in [4.78, 5) is 0. The van der Waals surface area contributed by atoms with E-state index in [1.807, 2.05) is 56.3 Å². The van der Waals surface area contributed by atoms with Crippen LogP contribution in [0.2, 0.25) is 0 Å². The number of phenols is 3. The van der Waals surface area contributed by atoms with Crippen LogP contribution in [0.25, 0.3) is 0 Å². The zero-order valence-corrected chi connectivity index (χ0v) is 17.7. The average Bonchev–Trinajstić information content (AvgIpc) is 2.76. The van der Waals surface area contributed by atoms with Gasteiger partial charge in [-0.3, -0.25) is 0 Å². The summed E-state index contributed by atoms with van der Waals surface area (Å²) in [6, 6.07) is 26.9. The number of aromatic hydroxyl groups is 3. The quantitative estimate of drug-likeness (QED) is 0.344. The molecule has 0 radical (unpaired) electrons. The summed E-state index contributed by atoms with van der Waals surface area (Å²) in [5.74, 6) is 0.741. The second kappa shape index (κ2) is 8.57. The molecule has 0 heterocycles. The van der Waals surface area contributed by atoms with Gasteiger partial charge < -0.3 is 15.3 Å². The summed E-state index contributed by atoms with van der Waals surface area (Å²) >= 11 is 0. The summed E-state index contributed by atoms with van der Waals surface area (Å²) in [6.45, 7) is 3.94. The molecule has 0 saturated carbocycles. The number of hydrogen-bond acceptors (Lipinski definition) is 3. The Bertz CT molecular complexity index is 1150. The Balaban J connectivity index is 1.84. The molecule has 4 aromatic rings. The molecule has 0 aliphatic heterocycles. The monoisotopic (exact) mass is 410 g/mol. The first-order valence-corrected chi connectivity index (χ1v) is 10.4. The van der Waals surface area contributed by atoms with Gasteiger partial charge in [-0.05, 0) is 89.5 Å². The van der Waals surface area contributed by atoms with E-state index in [2.05, 4.69) is 18.2 Å². The molecular weight excluding hydrogens is 384 g/mol. The summed E-state index contributed by atoms with van der Waals surface area (Å²) in [5.41, 5.74) is 7.60. The number of hydrogen-bond donors (Lipinski definition) is 3. The van der Waals surface area contributed by atoms with Crippen molar-refractivity contribution in [1.29, 1.82) is 0 Å². The predicted molar refractivity (Wildman–Crippen MR) is 124 cm³/mol. The van der Waals surface area contributed by atoms with Gasteiger partial charge in [0.15, 0.2) is 0 Å². The van der Waals surface area contributed by atoms with Crippen LogP contribution >= 0.6 is 0 Å². The van der Waals surface area contributed by atoms with E-state index in [0.717, 1.165) is 28.7 Å². The van der Waals surface area contributed by atoms with Crippen molar-refractivity contribution in [3.8, 4) is 17.2 Å². The lowest BCUT2D eigenvalue weighted by Gasteiger charge is -2.23. The van der Waals surface area contributed by atoms with E-state index < -0.39 is 0 Å². The highest BCUT2D eigenvalue weighted by Gasteiger charge is 2.20. The minimum Gasteiger partial charge on any atom is -0.508 e. The summed E-state index contributed by atoms with van der Waals surface area (Å²) < 4.78 is 0. The standard InChI is InChI=1S/C28H26O3/c1-18-16-27(31)19(2)15-23(18)17-22-5-3-4-6-26(22)28(20-7-11-24(29)12-8-20)21-9-13-25(30)14-10-21/h3-16,28-31H,17H2,1-2H3. The third-order valence-electron chi connectivity index (χ3n) is 5.85. The molecule has 31 heavy (non-hydrogen) atoms. The highest BCUT2D eigenvalue weighted by molar-refractivity contribution is 5.50. The lowest BCUT2D eigenvalue weighted by molar-refractivity contribution is 0.470. The number of benzene rings is 4. The number of phenolic OH excluding ortho intramolecular Hbond substituents is 3. The van der Waals surface area contributed by atoms with Crippen molar-refractivity contribution in [3.63, 3.8) is 0 Å². The molecule has 0 atom stereocenters. The van der Waals surface area contributed by atoms with Gasteiger partial charge in [0.1, 0.15) is 17.2 Å². The maximum absolute atomic E-state index is 10.0. The molecule has 4 rings (SSSR count). The second-order valence-electron chi connectivity index (χ2n) is 8.06. The summed E-state index contributed by atoms with van der Waals surface area (Å²) in [6.07, 6.45) is 0.746. The maximum atomic E-state index is 10.0. The van der Waals surface area contributed by atoms with Crippen molar-refractivity contribution < 1.29 is 15.3 Å². The van der Waals surface area contributed by atoms with Gasteiger partial charge in [0.05, 0.1) is 0 Å². The lowest BCUT2D eigenvalue weighted by atomic mass is 9.81. The SMILES string of the molecule is Cc1cc(Cc2ccccc2C(c2ccc(O)cc2)c2ccc(O)cc2)c(C)cc1O. The van der Waals surface area contributed by atoms with E-state index in [9.17, 15) is 15.3 Å². The molecule has 3 heteroatoms. The van der Waals surface area contributed by atoms with Crippen LogP contribution in [-0.4, -0.2) is 15.3 Å². The lowest BCUT2D eigenvalue weighted by Crippen LogP contribution is -2.07. The van der Waals surface area contributed by atoms with Gasteiger partial charge in [-0.25, -0.2) is 0 Å². The Morgan fingerprint density at radius 2 is 1.16 bits per heavy atom. The van der Waals surface area contributed by atoms with Gasteiger partial charge >= 0.3 is 0 Å². The Hall–Kier alpha value is -3.72. The second-order valence-corrected chi connectivity index (χ2v) is 8.06. The molecule has 0 spiro atoms. The van der Waals surface area contributed by atoms with E-state index in [4.69, 9.17) is 0 Å². The van der Waals surface area contributed by atoms with E-state index in [0.29, 0.717) is 5.75 Å². The fourth-order valence-corrected chi connectivity index (χ4v) is 4.12. The first-order chi connectivity index (χ1) is 14.9. The highest BCUT2D eigenvalue weighted by atomic mass is 16.3. The minimum absolute atomic E-state index is 0.0454. The van der Waals surface area contributed by atoms with Crippen molar-refractivity contribution in [2.45, 2.75) is 26.2 Å². The van der Waals surface area contributed by atoms with Crippen LogP contribution in [0, 0.1) is 13.8 Å². The molecule has 4 aromatic carbocycles. The van der Waals surface area contributed by atoms with Crippen LogP contribution in [0.3, 0.4) is 0 Å². The molecule has 0 bridgehead atoms. The van der Waals surface area contributed by atoms with Gasteiger partial charge in [0, 0.05) is 5.92 Å². The van der Waals surface area contributed by atoms with Crippen LogP contribution < -0.4 is 0 Å². The largest absolute Gasteiger partial charge is 0.508 e. The Kier molecular flexibility index (Phi) is 5.68. The van der Waals surface area contributed by atoms with Crippen molar-refractivity contribution >= 4 is 0 Å². The molecule has 3 nitrogen and oxygen atoms in total. The van der Waals surface area contributed by atoms with Gasteiger partial charge in [-0.1, -0.05) is 54.6 Å². The van der Waals surface area contributed by atoms with Crippen molar-refractivity contribution in [3.05, 3.63) is 124 Å². The molecule has 0 aliphatic carbocycles. The molecule has 0 amide bonds. The van der Waals surface area contributed by atoms with Gasteiger partial charge in [0.25, 0.3) is 0 Å². The Labute approximate surface area is 182 Å². The molecule has 156 valence electrons. The smallest absolute Gasteiger partial charge is 0.118 e. The first-order valence-electron chi connectivity index (χ1n) is 10.4. The molecule has 0 aliphatic rings. The fraction of sp³-hybridized carbons (Fsp3) is 0.143. The fourth-order valence-electron chi connectivity index (χ4n) is 4.12. The van der Waals surface area contributed by atoms with E-state index in [-0.39, 0.29) is 17.4 Å². The van der Waals surface area contributed by atoms with Crippen LogP contribution in [0.1, 0.15) is 44.9 Å². The summed E-state index contributed by atoms with van der Waals surface area (Å²) in [7, 11) is 0. The van der Waals surface area contributed by atoms with Crippen LogP contribution in [0.5, 0.6) is 17.2 Å². The van der Waals surface area contributed by atoms with E-state index in [1.54, 1.807) is 24.3 Å². The van der Waals surface area contributed by atoms with Crippen LogP contribution in [0.4, 0.5) is 0 Å². The van der Waals surface area contributed by atoms with Crippen molar-refractivity contribution in [2.24, 2.45) is 0 Å². The third-order valence-corrected chi connectivity index (χ3v) is 5.85. The Morgan fingerprint density at radius 1 is 0.613 bits per heavy atom. The zero-order valence-electron chi connectivity index (χ0n) is 17.7. The number of rotatable bonds is 5. The maximum Gasteiger partial charge on any atom is 0.118 e. The first kappa shape index (κ1) is 20.5. The molecule has 0 fully saturated rings. The third kappa shape index (κ3) is 4.41.